The van der Waals surface area contributed by atoms with E-state index in [1.54, 1.807) is 10.9 Å². The highest BCUT2D eigenvalue weighted by Crippen LogP contribution is 2.25. The quantitative estimate of drug-likeness (QED) is 0.358. The van der Waals surface area contributed by atoms with Crippen molar-refractivity contribution in [3.63, 3.8) is 0 Å². The Balaban J connectivity index is 1.65. The number of nitrogens with one attached hydrogen (secondary N) is 2. The number of methoxy groups -OCH3 is 1. The molecule has 0 unspecified atom stereocenters. The minimum absolute atomic E-state index is 0.0420. The summed E-state index contributed by atoms with van der Waals surface area (Å²) in [5, 5.41) is 10.5. The smallest absolute Gasteiger partial charge is 0.321 e. The van der Waals surface area contributed by atoms with Crippen molar-refractivity contribution in [1.29, 1.82) is 0 Å². The Morgan fingerprint density at radius 3 is 2.81 bits per heavy atom. The molecular weight excluding hydrogens is 368 g/mol. The Hall–Kier alpha value is -2.98. The molecule has 0 aliphatic carbocycles. The number of carbonyl (C=O) groups excluding carboxylic acids is 2. The van der Waals surface area contributed by atoms with Crippen LogP contribution in [0.25, 0.3) is 16.7 Å². The van der Waals surface area contributed by atoms with Gasteiger partial charge in [-0.2, -0.15) is 5.10 Å². The number of ether oxygens (including phenoxy) is 1. The number of aromatic nitrogens is 4. The second-order valence-electron chi connectivity index (χ2n) is 5.39. The first-order valence-corrected chi connectivity index (χ1v) is 9.11. The molecule has 3 rings (SSSR count). The van der Waals surface area contributed by atoms with Crippen LogP contribution in [-0.2, 0) is 9.53 Å². The zero-order valence-electron chi connectivity index (χ0n) is 14.6. The summed E-state index contributed by atoms with van der Waals surface area (Å²) in [6.45, 7) is 0.703. The number of hydrogen-bond acceptors (Lipinski definition) is 7. The van der Waals surface area contributed by atoms with Gasteiger partial charge in [0, 0.05) is 13.7 Å². The molecule has 2 heterocycles. The van der Waals surface area contributed by atoms with Gasteiger partial charge in [-0.15, -0.1) is 0 Å². The number of urea groups is 1. The summed E-state index contributed by atoms with van der Waals surface area (Å²) in [6, 6.07) is 9.06. The predicted molar refractivity (Wildman–Crippen MR) is 101 cm³/mol. The van der Waals surface area contributed by atoms with Crippen LogP contribution >= 0.6 is 11.8 Å². The molecule has 0 aliphatic rings. The van der Waals surface area contributed by atoms with Gasteiger partial charge in [0.2, 0.25) is 5.91 Å². The van der Waals surface area contributed by atoms with E-state index in [-0.39, 0.29) is 5.75 Å². The minimum Gasteiger partial charge on any atom is -0.383 e. The molecule has 2 aromatic heterocycles. The first-order chi connectivity index (χ1) is 13.2. The summed E-state index contributed by atoms with van der Waals surface area (Å²) >= 11 is 1.22. The molecule has 27 heavy (non-hydrogen) atoms. The Labute approximate surface area is 159 Å². The lowest BCUT2D eigenvalue weighted by atomic mass is 10.3. The van der Waals surface area contributed by atoms with E-state index >= 15 is 0 Å². The van der Waals surface area contributed by atoms with Gasteiger partial charge in [-0.3, -0.25) is 10.1 Å². The van der Waals surface area contributed by atoms with Gasteiger partial charge in [0.15, 0.2) is 5.65 Å². The molecule has 0 aliphatic heterocycles. The molecule has 9 nitrogen and oxygen atoms in total. The van der Waals surface area contributed by atoms with Crippen molar-refractivity contribution in [2.45, 2.75) is 5.03 Å². The van der Waals surface area contributed by atoms with E-state index in [0.717, 1.165) is 11.1 Å². The van der Waals surface area contributed by atoms with Crippen LogP contribution in [0.1, 0.15) is 0 Å². The number of carbonyl (C=O) groups is 2. The van der Waals surface area contributed by atoms with Crippen LogP contribution in [0.4, 0.5) is 4.79 Å². The molecule has 1 aromatic carbocycles. The first kappa shape index (κ1) is 18.8. The van der Waals surface area contributed by atoms with E-state index in [0.29, 0.717) is 23.8 Å². The van der Waals surface area contributed by atoms with Crippen LogP contribution in [0.5, 0.6) is 0 Å². The minimum atomic E-state index is -0.553. The highest BCUT2D eigenvalue weighted by molar-refractivity contribution is 8.00. The SMILES string of the molecule is COCCNC(=O)NC(=O)CSc1ncnc2c1cnn2-c1ccccc1. The third-order valence-electron chi connectivity index (χ3n) is 3.51. The topological polar surface area (TPSA) is 111 Å². The van der Waals surface area contributed by atoms with Gasteiger partial charge in [-0.25, -0.2) is 19.4 Å². The summed E-state index contributed by atoms with van der Waals surface area (Å²) in [7, 11) is 1.53. The maximum absolute atomic E-state index is 11.9. The Morgan fingerprint density at radius 1 is 1.22 bits per heavy atom. The number of rotatable bonds is 7. The first-order valence-electron chi connectivity index (χ1n) is 8.12. The highest BCUT2D eigenvalue weighted by Gasteiger charge is 2.14. The van der Waals surface area contributed by atoms with Crippen LogP contribution < -0.4 is 10.6 Å². The zero-order chi connectivity index (χ0) is 19.1. The van der Waals surface area contributed by atoms with Crippen LogP contribution in [0, 0.1) is 0 Å². The molecule has 3 aromatic rings. The number of imide groups is 1. The second kappa shape index (κ2) is 9.10. The number of hydrogen-bond donors (Lipinski definition) is 2. The van der Waals surface area contributed by atoms with Crippen LogP contribution in [0.15, 0.2) is 47.9 Å². The molecule has 0 atom stereocenters. The normalized spacial score (nSPS) is 10.7. The highest BCUT2D eigenvalue weighted by atomic mass is 32.2. The summed E-state index contributed by atoms with van der Waals surface area (Å²) in [5.74, 6) is -0.377. The number of fused-ring (bicyclic) bond motifs is 1. The van der Waals surface area contributed by atoms with E-state index in [1.807, 2.05) is 30.3 Å². The van der Waals surface area contributed by atoms with Gasteiger partial charge in [0.05, 0.1) is 29.6 Å². The maximum Gasteiger partial charge on any atom is 0.321 e. The zero-order valence-corrected chi connectivity index (χ0v) is 15.4. The standard InChI is InChI=1S/C17H18N6O3S/c1-26-8-7-18-17(25)22-14(24)10-27-16-13-9-21-23(15(13)19-11-20-16)12-5-3-2-4-6-12/h2-6,9,11H,7-8,10H2,1H3,(H2,18,22,24,25). The fourth-order valence-electron chi connectivity index (χ4n) is 2.30. The fraction of sp³-hybridized carbons (Fsp3) is 0.235. The third kappa shape index (κ3) is 4.80. The lowest BCUT2D eigenvalue weighted by molar-refractivity contribution is -0.117. The van der Waals surface area contributed by atoms with Crippen molar-refractivity contribution in [2.75, 3.05) is 26.0 Å². The van der Waals surface area contributed by atoms with Crippen molar-refractivity contribution >= 4 is 34.7 Å². The number of benzene rings is 1. The third-order valence-corrected chi connectivity index (χ3v) is 4.52. The van der Waals surface area contributed by atoms with Gasteiger partial charge in [-0.1, -0.05) is 30.0 Å². The van der Waals surface area contributed by atoms with Crippen LogP contribution in [0.2, 0.25) is 0 Å². The van der Waals surface area contributed by atoms with Gasteiger partial charge in [-0.05, 0) is 12.1 Å². The number of nitrogens with zero attached hydrogens (tertiary/aromatic N) is 4. The molecule has 0 saturated carbocycles. The molecule has 2 N–H and O–H groups in total. The molecule has 0 saturated heterocycles. The molecule has 0 bridgehead atoms. The Morgan fingerprint density at radius 2 is 2.04 bits per heavy atom. The van der Waals surface area contributed by atoms with Crippen molar-refractivity contribution in [3.8, 4) is 5.69 Å². The van der Waals surface area contributed by atoms with E-state index in [1.165, 1.54) is 25.2 Å². The molecule has 140 valence electrons. The largest absolute Gasteiger partial charge is 0.383 e. The lowest BCUT2D eigenvalue weighted by Gasteiger charge is -2.06. The van der Waals surface area contributed by atoms with Gasteiger partial charge < -0.3 is 10.1 Å². The molecule has 0 radical (unpaired) electrons. The average molecular weight is 386 g/mol. The van der Waals surface area contributed by atoms with Crippen LogP contribution in [0.3, 0.4) is 0 Å². The van der Waals surface area contributed by atoms with E-state index in [4.69, 9.17) is 4.74 Å². The number of para-hydroxylation sites is 1. The van der Waals surface area contributed by atoms with Crippen molar-refractivity contribution in [3.05, 3.63) is 42.9 Å². The monoisotopic (exact) mass is 386 g/mol. The number of amides is 3. The Bertz CT molecular complexity index is 931. The average Bonchev–Trinajstić information content (AvgIpc) is 3.12. The second-order valence-corrected chi connectivity index (χ2v) is 6.36. The summed E-state index contributed by atoms with van der Waals surface area (Å²) in [5.41, 5.74) is 1.53. The van der Waals surface area contributed by atoms with Gasteiger partial charge in [0.1, 0.15) is 11.4 Å². The van der Waals surface area contributed by atoms with Crippen molar-refractivity contribution in [1.82, 2.24) is 30.4 Å². The molecule has 0 fully saturated rings. The molecule has 3 amide bonds. The Kier molecular flexibility index (Phi) is 6.34. The summed E-state index contributed by atoms with van der Waals surface area (Å²) < 4.78 is 6.54. The summed E-state index contributed by atoms with van der Waals surface area (Å²) in [6.07, 6.45) is 3.10. The van der Waals surface area contributed by atoms with Gasteiger partial charge in [0.25, 0.3) is 0 Å². The maximum atomic E-state index is 11.9. The van der Waals surface area contributed by atoms with Gasteiger partial charge >= 0.3 is 6.03 Å². The molecular formula is C17H18N6O3S. The van der Waals surface area contributed by atoms with Crippen LogP contribution in [-0.4, -0.2) is 57.7 Å². The predicted octanol–water partition coefficient (Wildman–Crippen LogP) is 1.38. The van der Waals surface area contributed by atoms with E-state index in [2.05, 4.69) is 25.7 Å². The lowest BCUT2D eigenvalue weighted by Crippen LogP contribution is -2.41. The number of thioether (sulfide) groups is 1. The molecule has 10 heteroatoms. The van der Waals surface area contributed by atoms with Crippen molar-refractivity contribution in [2.24, 2.45) is 0 Å². The fourth-order valence-corrected chi connectivity index (χ4v) is 3.06. The van der Waals surface area contributed by atoms with E-state index in [9.17, 15) is 9.59 Å². The van der Waals surface area contributed by atoms with Crippen molar-refractivity contribution < 1.29 is 14.3 Å². The van der Waals surface area contributed by atoms with E-state index < -0.39 is 11.9 Å². The molecule has 0 spiro atoms. The summed E-state index contributed by atoms with van der Waals surface area (Å²) in [4.78, 5) is 32.0.